The summed E-state index contributed by atoms with van der Waals surface area (Å²) in [5, 5.41) is 3.51. The summed E-state index contributed by atoms with van der Waals surface area (Å²) in [6.45, 7) is 17.5. The number of carbonyl (C=O) groups excluding carboxylic acids is 1. The third-order valence-corrected chi connectivity index (χ3v) is 3.43. The van der Waals surface area contributed by atoms with Crippen molar-refractivity contribution in [2.75, 3.05) is 19.6 Å². The van der Waals surface area contributed by atoms with E-state index in [4.69, 9.17) is 0 Å². The van der Waals surface area contributed by atoms with Gasteiger partial charge in [0.1, 0.15) is 0 Å². The van der Waals surface area contributed by atoms with Crippen molar-refractivity contribution >= 4 is 5.91 Å². The van der Waals surface area contributed by atoms with Crippen molar-refractivity contribution in [2.45, 2.75) is 54.9 Å². The quantitative estimate of drug-likeness (QED) is 0.832. The number of rotatable bonds is 2. The van der Waals surface area contributed by atoms with E-state index in [0.29, 0.717) is 0 Å². The molecule has 0 radical (unpaired) electrons. The summed E-state index contributed by atoms with van der Waals surface area (Å²) in [5.74, 6) is 0.212. The topological polar surface area (TPSA) is 32.3 Å². The molecule has 3 heteroatoms. The molecule has 1 aliphatic rings. The van der Waals surface area contributed by atoms with Crippen molar-refractivity contribution in [1.29, 1.82) is 0 Å². The van der Waals surface area contributed by atoms with E-state index in [1.807, 2.05) is 4.90 Å². The molecule has 0 unspecified atom stereocenters. The molecule has 0 saturated carbocycles. The average Bonchev–Trinajstić information content (AvgIpc) is 2.38. The lowest BCUT2D eigenvalue weighted by molar-refractivity contribution is -0.128. The predicted molar refractivity (Wildman–Crippen MR) is 80.8 cm³/mol. The van der Waals surface area contributed by atoms with Crippen molar-refractivity contribution in [3.8, 4) is 0 Å². The Morgan fingerprint density at radius 1 is 1.11 bits per heavy atom. The molecule has 19 heavy (non-hydrogen) atoms. The highest BCUT2D eigenvalue weighted by molar-refractivity contribution is 5.95. The molecule has 0 saturated heterocycles. The molecule has 1 heterocycles. The van der Waals surface area contributed by atoms with Gasteiger partial charge >= 0.3 is 0 Å². The Hall–Kier alpha value is -0.990. The van der Waals surface area contributed by atoms with Crippen LogP contribution in [0.25, 0.3) is 0 Å². The van der Waals surface area contributed by atoms with Gasteiger partial charge in [0.2, 0.25) is 0 Å². The monoisotopic (exact) mass is 266 g/mol. The van der Waals surface area contributed by atoms with Gasteiger partial charge in [-0.15, -0.1) is 0 Å². The molecule has 0 fully saturated rings. The normalized spacial score (nSPS) is 18.5. The molecule has 1 amide bonds. The molecule has 1 rings (SSSR count). The summed E-state index contributed by atoms with van der Waals surface area (Å²) in [6.07, 6.45) is 1.01. The first-order chi connectivity index (χ1) is 8.59. The Labute approximate surface area is 118 Å². The van der Waals surface area contributed by atoms with Crippen molar-refractivity contribution in [3.05, 3.63) is 11.3 Å². The second kappa shape index (κ2) is 5.56. The Balaban J connectivity index is 3.32. The van der Waals surface area contributed by atoms with Gasteiger partial charge in [-0.25, -0.2) is 0 Å². The molecule has 0 atom stereocenters. The summed E-state index contributed by atoms with van der Waals surface area (Å²) in [5.41, 5.74) is 1.90. The Kier molecular flexibility index (Phi) is 4.70. The molecular weight excluding hydrogens is 236 g/mol. The zero-order valence-electron chi connectivity index (χ0n) is 13.7. The van der Waals surface area contributed by atoms with Gasteiger partial charge in [-0.05, 0) is 11.8 Å². The largest absolute Gasteiger partial charge is 0.386 e. The van der Waals surface area contributed by atoms with E-state index in [1.165, 1.54) is 0 Å². The van der Waals surface area contributed by atoms with Crippen LogP contribution >= 0.6 is 0 Å². The second-order valence-corrected chi connectivity index (χ2v) is 7.47. The summed E-state index contributed by atoms with van der Waals surface area (Å²) in [4.78, 5) is 14.9. The number of carbonyl (C=O) groups is 1. The smallest absolute Gasteiger partial charge is 0.252 e. The maximum absolute atomic E-state index is 12.9. The van der Waals surface area contributed by atoms with Crippen molar-refractivity contribution < 1.29 is 4.79 Å². The van der Waals surface area contributed by atoms with Crippen LogP contribution in [0.5, 0.6) is 0 Å². The van der Waals surface area contributed by atoms with E-state index in [2.05, 4.69) is 53.8 Å². The number of hydrogen-bond acceptors (Lipinski definition) is 2. The molecular formula is C16H30N2O. The Bertz CT molecular complexity index is 369. The van der Waals surface area contributed by atoms with E-state index in [9.17, 15) is 4.79 Å². The zero-order valence-corrected chi connectivity index (χ0v) is 13.7. The van der Waals surface area contributed by atoms with E-state index in [-0.39, 0.29) is 16.7 Å². The third-order valence-electron chi connectivity index (χ3n) is 3.43. The first-order valence-corrected chi connectivity index (χ1v) is 7.37. The molecule has 110 valence electrons. The molecule has 3 nitrogen and oxygen atoms in total. The van der Waals surface area contributed by atoms with Gasteiger partial charge in [-0.1, -0.05) is 48.5 Å². The number of amides is 1. The maximum atomic E-state index is 12.9. The summed E-state index contributed by atoms with van der Waals surface area (Å²) >= 11 is 0. The fourth-order valence-electron chi connectivity index (χ4n) is 2.59. The van der Waals surface area contributed by atoms with Crippen LogP contribution in [0.3, 0.4) is 0 Å². The average molecular weight is 266 g/mol. The second-order valence-electron chi connectivity index (χ2n) is 7.47. The Morgan fingerprint density at radius 3 is 2.11 bits per heavy atom. The summed E-state index contributed by atoms with van der Waals surface area (Å²) in [7, 11) is 0. The van der Waals surface area contributed by atoms with Crippen molar-refractivity contribution in [2.24, 2.45) is 10.8 Å². The first kappa shape index (κ1) is 16.1. The van der Waals surface area contributed by atoms with Crippen molar-refractivity contribution in [1.82, 2.24) is 10.2 Å². The van der Waals surface area contributed by atoms with Crippen LogP contribution in [0.2, 0.25) is 0 Å². The molecule has 0 aromatic heterocycles. The van der Waals surface area contributed by atoms with Crippen LogP contribution in [-0.2, 0) is 4.79 Å². The molecule has 1 aliphatic heterocycles. The fourth-order valence-corrected chi connectivity index (χ4v) is 2.59. The van der Waals surface area contributed by atoms with E-state index < -0.39 is 0 Å². The SMILES string of the molecule is CCCN1CCNC(C(C)(C)C)=C(C(C)(C)C)C1=O. The van der Waals surface area contributed by atoms with Crippen LogP contribution in [0.1, 0.15) is 54.9 Å². The number of hydrogen-bond donors (Lipinski definition) is 1. The highest BCUT2D eigenvalue weighted by atomic mass is 16.2. The number of allylic oxidation sites excluding steroid dienone is 1. The van der Waals surface area contributed by atoms with Gasteiger partial charge in [0.05, 0.1) is 0 Å². The molecule has 0 aromatic carbocycles. The highest BCUT2D eigenvalue weighted by Gasteiger charge is 2.36. The van der Waals surface area contributed by atoms with Gasteiger partial charge in [-0.3, -0.25) is 4.79 Å². The first-order valence-electron chi connectivity index (χ1n) is 7.37. The van der Waals surface area contributed by atoms with Crippen LogP contribution in [0.15, 0.2) is 11.3 Å². The minimum atomic E-state index is -0.136. The zero-order chi connectivity index (χ0) is 14.8. The van der Waals surface area contributed by atoms with Crippen LogP contribution < -0.4 is 5.32 Å². The molecule has 0 aliphatic carbocycles. The Morgan fingerprint density at radius 2 is 1.68 bits per heavy atom. The lowest BCUT2D eigenvalue weighted by Gasteiger charge is -2.32. The van der Waals surface area contributed by atoms with E-state index in [1.54, 1.807) is 0 Å². The van der Waals surface area contributed by atoms with Gasteiger partial charge in [0.15, 0.2) is 0 Å². The third kappa shape index (κ3) is 3.74. The van der Waals surface area contributed by atoms with Gasteiger partial charge < -0.3 is 10.2 Å². The molecule has 0 spiro atoms. The number of nitrogens with one attached hydrogen (secondary N) is 1. The van der Waals surface area contributed by atoms with Crippen LogP contribution in [0, 0.1) is 10.8 Å². The minimum Gasteiger partial charge on any atom is -0.386 e. The van der Waals surface area contributed by atoms with E-state index >= 15 is 0 Å². The van der Waals surface area contributed by atoms with Crippen LogP contribution in [-0.4, -0.2) is 30.4 Å². The maximum Gasteiger partial charge on any atom is 0.252 e. The molecule has 0 aromatic rings. The van der Waals surface area contributed by atoms with E-state index in [0.717, 1.165) is 37.3 Å². The predicted octanol–water partition coefficient (Wildman–Crippen LogP) is 3.17. The molecule has 0 bridgehead atoms. The summed E-state index contributed by atoms with van der Waals surface area (Å²) in [6, 6.07) is 0. The number of nitrogens with zero attached hydrogens (tertiary/aromatic N) is 1. The standard InChI is InChI=1S/C16H30N2O/c1-8-10-18-11-9-17-13(16(5,6)7)12(14(18)19)15(2,3)4/h17H,8-11H2,1-7H3. The minimum absolute atomic E-state index is 0.0273. The highest BCUT2D eigenvalue weighted by Crippen LogP contribution is 2.37. The van der Waals surface area contributed by atoms with Crippen LogP contribution in [0.4, 0.5) is 0 Å². The van der Waals surface area contributed by atoms with Gasteiger partial charge in [0.25, 0.3) is 5.91 Å². The summed E-state index contributed by atoms with van der Waals surface area (Å²) < 4.78 is 0. The lowest BCUT2D eigenvalue weighted by atomic mass is 9.78. The fraction of sp³-hybridized carbons (Fsp3) is 0.812. The lowest BCUT2D eigenvalue weighted by Crippen LogP contribution is -2.37. The van der Waals surface area contributed by atoms with Gasteiger partial charge in [-0.2, -0.15) is 0 Å². The van der Waals surface area contributed by atoms with Gasteiger partial charge in [0, 0.05) is 36.3 Å². The molecule has 1 N–H and O–H groups in total. The van der Waals surface area contributed by atoms with Crippen molar-refractivity contribution in [3.63, 3.8) is 0 Å².